The van der Waals surface area contributed by atoms with Crippen molar-refractivity contribution < 1.29 is 29.6 Å². The highest BCUT2D eigenvalue weighted by molar-refractivity contribution is 5.42. The molecule has 0 saturated heterocycles. The Morgan fingerprint density at radius 1 is 0.982 bits per heavy atom. The molecule has 312 valence electrons. The van der Waals surface area contributed by atoms with Crippen LogP contribution in [0, 0.1) is 23.2 Å². The molecule has 6 rings (SSSR count). The summed E-state index contributed by atoms with van der Waals surface area (Å²) in [5.74, 6) is 4.53. The molecule has 9 nitrogen and oxygen atoms in total. The van der Waals surface area contributed by atoms with Crippen molar-refractivity contribution >= 4 is 0 Å². The number of ether oxygens (including phenoxy) is 1. The number of unbranched alkanes of at least 4 members (excludes halogenated alkanes) is 3. The molecule has 2 aromatic heterocycles. The van der Waals surface area contributed by atoms with Gasteiger partial charge in [0.25, 0.3) is 0 Å². The van der Waals surface area contributed by atoms with E-state index < -0.39 is 12.2 Å². The first-order chi connectivity index (χ1) is 27.2. The van der Waals surface area contributed by atoms with Gasteiger partial charge in [-0.2, -0.15) is 0 Å². The van der Waals surface area contributed by atoms with Crippen LogP contribution in [0.25, 0.3) is 0 Å². The number of aromatic hydroxyl groups is 1. The molecule has 2 fully saturated rings. The number of aryl methyl sites for hydroxylation is 3. The maximum Gasteiger partial charge on any atom is 0.161 e. The fourth-order valence-electron chi connectivity index (χ4n) is 10.9. The molecule has 1 spiro atoms. The van der Waals surface area contributed by atoms with E-state index in [1.54, 1.807) is 6.07 Å². The zero-order chi connectivity index (χ0) is 39.5. The fourth-order valence-corrected chi connectivity index (χ4v) is 10.9. The van der Waals surface area contributed by atoms with E-state index in [0.717, 1.165) is 79.5 Å². The van der Waals surface area contributed by atoms with Crippen LogP contribution in [-0.4, -0.2) is 57.8 Å². The number of hydrogen-bond acceptors (Lipinski definition) is 8. The molecule has 2 saturated carbocycles. The number of nitrogens with two attached hydrogens (primary N) is 1. The van der Waals surface area contributed by atoms with Gasteiger partial charge in [0.05, 0.1) is 12.7 Å². The third-order valence-electron chi connectivity index (χ3n) is 13.8. The van der Waals surface area contributed by atoms with E-state index in [1.165, 1.54) is 88.3 Å². The average molecular weight is 776 g/mol. The molecule has 6 atom stereocenters. The quantitative estimate of drug-likeness (QED) is 0.0473. The van der Waals surface area contributed by atoms with Crippen LogP contribution in [0.4, 0.5) is 0 Å². The summed E-state index contributed by atoms with van der Waals surface area (Å²) in [4.78, 5) is 3.69. The minimum atomic E-state index is -0.874. The monoisotopic (exact) mass is 776 g/mol. The third-order valence-corrected chi connectivity index (χ3v) is 13.8. The number of nitrogens with one attached hydrogen (secondary N) is 2. The molecule has 0 radical (unpaired) electrons. The number of aliphatic hydroxyl groups is 3. The normalized spacial score (nSPS) is 21.9. The lowest BCUT2D eigenvalue weighted by Crippen LogP contribution is -2.36. The molecule has 0 aliphatic heterocycles. The Labute approximate surface area is 336 Å². The number of phenols is 1. The number of hydrogen-bond donors (Lipinski definition) is 7. The van der Waals surface area contributed by atoms with E-state index in [1.807, 2.05) is 25.1 Å². The van der Waals surface area contributed by atoms with Crippen LogP contribution in [-0.2, 0) is 32.3 Å². The zero-order valence-corrected chi connectivity index (χ0v) is 34.5. The summed E-state index contributed by atoms with van der Waals surface area (Å²) in [6.07, 6.45) is 20.6. The van der Waals surface area contributed by atoms with Crippen molar-refractivity contribution in [2.45, 2.75) is 161 Å². The van der Waals surface area contributed by atoms with Crippen molar-refractivity contribution in [3.63, 3.8) is 0 Å². The first-order valence-corrected chi connectivity index (χ1v) is 22.4. The van der Waals surface area contributed by atoms with E-state index in [4.69, 9.17) is 14.9 Å². The highest BCUT2D eigenvalue weighted by Gasteiger charge is 2.51. The molecular formula is C47H73N3O6. The number of aromatic amines is 1. The van der Waals surface area contributed by atoms with Crippen LogP contribution < -0.4 is 15.8 Å². The van der Waals surface area contributed by atoms with Gasteiger partial charge in [0.15, 0.2) is 11.5 Å². The number of phenolic OH excluding ortho intramolecular Hbond substituents is 1. The van der Waals surface area contributed by atoms with Gasteiger partial charge in [-0.1, -0.05) is 70.8 Å². The molecule has 2 heterocycles. The summed E-state index contributed by atoms with van der Waals surface area (Å²) in [5, 5.41) is 45.8. The van der Waals surface area contributed by atoms with Crippen molar-refractivity contribution in [1.82, 2.24) is 10.3 Å². The Bertz CT molecular complexity index is 1630. The van der Waals surface area contributed by atoms with Crippen LogP contribution in [0.2, 0.25) is 0 Å². The van der Waals surface area contributed by atoms with Gasteiger partial charge in [0.2, 0.25) is 0 Å². The van der Waals surface area contributed by atoms with Gasteiger partial charge < -0.3 is 45.6 Å². The molecule has 3 aliphatic carbocycles. The molecular weight excluding hydrogens is 703 g/mol. The highest BCUT2D eigenvalue weighted by atomic mass is 16.5. The summed E-state index contributed by atoms with van der Waals surface area (Å²) in [6.45, 7) is 6.23. The predicted molar refractivity (Wildman–Crippen MR) is 223 cm³/mol. The van der Waals surface area contributed by atoms with Gasteiger partial charge in [-0.05, 0) is 123 Å². The Morgan fingerprint density at radius 3 is 2.54 bits per heavy atom. The van der Waals surface area contributed by atoms with E-state index in [0.29, 0.717) is 48.3 Å². The highest BCUT2D eigenvalue weighted by Crippen LogP contribution is 2.60. The minimum absolute atomic E-state index is 0.0195. The lowest BCUT2D eigenvalue weighted by Gasteiger charge is -2.39. The number of aliphatic hydroxyl groups excluding tert-OH is 3. The van der Waals surface area contributed by atoms with Gasteiger partial charge in [0.1, 0.15) is 24.2 Å². The number of benzene rings is 1. The zero-order valence-electron chi connectivity index (χ0n) is 34.5. The molecule has 3 aromatic rings. The lowest BCUT2D eigenvalue weighted by atomic mass is 9.66. The van der Waals surface area contributed by atoms with E-state index in [9.17, 15) is 20.4 Å². The second kappa shape index (κ2) is 20.7. The van der Waals surface area contributed by atoms with Crippen molar-refractivity contribution in [1.29, 1.82) is 0 Å². The summed E-state index contributed by atoms with van der Waals surface area (Å²) in [6, 6.07) is 9.58. The van der Waals surface area contributed by atoms with E-state index >= 15 is 0 Å². The van der Waals surface area contributed by atoms with Gasteiger partial charge in [0, 0.05) is 48.8 Å². The number of furan rings is 1. The Hall–Kier alpha value is -2.82. The molecule has 9 heteroatoms. The molecule has 56 heavy (non-hydrogen) atoms. The summed E-state index contributed by atoms with van der Waals surface area (Å²) < 4.78 is 12.4. The average Bonchev–Trinajstić information content (AvgIpc) is 4.01. The van der Waals surface area contributed by atoms with E-state index in [2.05, 4.69) is 23.3 Å². The molecule has 0 amide bonds. The maximum atomic E-state index is 11.5. The number of H-pyrrole nitrogens is 1. The van der Waals surface area contributed by atoms with Gasteiger partial charge in [-0.3, -0.25) is 0 Å². The maximum absolute atomic E-state index is 11.5. The van der Waals surface area contributed by atoms with Crippen molar-refractivity contribution in [3.05, 3.63) is 69.9 Å². The number of aromatic nitrogens is 1. The van der Waals surface area contributed by atoms with Crippen LogP contribution in [0.1, 0.15) is 162 Å². The summed E-state index contributed by atoms with van der Waals surface area (Å²) >= 11 is 0. The fraction of sp³-hybridized carbons (Fsp3) is 0.702. The topological polar surface area (TPSA) is 157 Å². The molecule has 8 N–H and O–H groups in total. The molecule has 0 bridgehead atoms. The SMILES string of the molecule is CCCCCC(CCN)CCCCc1oc(CCc2ccc(O)c(OCC(O)c3cc4c([nH]3)CC3(CCCC3)C3CCCC3C4CNCC(C)O)c2)cc1CO. The summed E-state index contributed by atoms with van der Waals surface area (Å²) in [5.41, 5.74) is 11.5. The number of fused-ring (bicyclic) bond motifs is 3. The molecule has 1 aromatic carbocycles. The van der Waals surface area contributed by atoms with E-state index in [-0.39, 0.29) is 19.0 Å². The van der Waals surface area contributed by atoms with Crippen LogP contribution in [0.3, 0.4) is 0 Å². The summed E-state index contributed by atoms with van der Waals surface area (Å²) in [7, 11) is 0. The van der Waals surface area contributed by atoms with Crippen LogP contribution in [0.5, 0.6) is 11.5 Å². The van der Waals surface area contributed by atoms with Crippen molar-refractivity contribution in [3.8, 4) is 11.5 Å². The largest absolute Gasteiger partial charge is 0.504 e. The predicted octanol–water partition coefficient (Wildman–Crippen LogP) is 8.55. The first kappa shape index (κ1) is 42.8. The van der Waals surface area contributed by atoms with Gasteiger partial charge >= 0.3 is 0 Å². The van der Waals surface area contributed by atoms with Gasteiger partial charge in [-0.25, -0.2) is 0 Å². The lowest BCUT2D eigenvalue weighted by molar-refractivity contribution is 0.101. The minimum Gasteiger partial charge on any atom is -0.504 e. The second-order valence-corrected chi connectivity index (χ2v) is 17.9. The second-order valence-electron chi connectivity index (χ2n) is 17.9. The molecule has 3 aliphatic rings. The van der Waals surface area contributed by atoms with Crippen LogP contribution >= 0.6 is 0 Å². The Balaban J connectivity index is 1.05. The Morgan fingerprint density at radius 2 is 1.79 bits per heavy atom. The van der Waals surface area contributed by atoms with Gasteiger partial charge in [-0.15, -0.1) is 0 Å². The van der Waals surface area contributed by atoms with Crippen LogP contribution in [0.15, 0.2) is 34.7 Å². The van der Waals surface area contributed by atoms with Crippen molar-refractivity contribution in [2.24, 2.45) is 28.9 Å². The standard InChI is InChI=1S/C47H73N3O6/c1-3-4-5-11-33(20-23-48)12-6-7-15-45-35(30-51)25-36(56-45)18-16-34-17-19-43(53)46(24-34)55-31-44(54)41-26-38-39(29-49-28-32(2)52)37-13-10-14-40(37)47(21-8-9-22-47)27-42(38)50-41/h17,19,24-26,32-33,37,39-40,44,49-54H,3-16,18,20-23,27-31,48H2,1-2H3. The Kier molecular flexibility index (Phi) is 15.8. The number of rotatable bonds is 23. The third kappa shape index (κ3) is 10.8. The van der Waals surface area contributed by atoms with Crippen molar-refractivity contribution in [2.75, 3.05) is 26.2 Å². The molecule has 6 unspecified atom stereocenters. The smallest absolute Gasteiger partial charge is 0.161 e. The first-order valence-electron chi connectivity index (χ1n) is 22.4.